The summed E-state index contributed by atoms with van der Waals surface area (Å²) >= 11 is 5.46. The summed E-state index contributed by atoms with van der Waals surface area (Å²) in [6, 6.07) is 4.71. The Morgan fingerprint density at radius 2 is 2.22 bits per heavy atom. The van der Waals surface area contributed by atoms with Crippen LogP contribution in [0.2, 0.25) is 0 Å². The molecule has 0 saturated heterocycles. The number of nitrogens with one attached hydrogen (secondary N) is 2. The minimum absolute atomic E-state index is 0.121. The van der Waals surface area contributed by atoms with Gasteiger partial charge in [0.1, 0.15) is 5.82 Å². The molecule has 2 rings (SSSR count). The van der Waals surface area contributed by atoms with E-state index in [-0.39, 0.29) is 28.8 Å². The number of hydrogen-bond acceptors (Lipinski definition) is 3. The second-order valence-corrected chi connectivity index (χ2v) is 4.22. The molecule has 3 N–H and O–H groups in total. The van der Waals surface area contributed by atoms with Gasteiger partial charge in [-0.2, -0.15) is 0 Å². The van der Waals surface area contributed by atoms with Gasteiger partial charge in [-0.05, 0) is 18.2 Å². The zero-order valence-electron chi connectivity index (χ0n) is 9.41. The first-order chi connectivity index (χ1) is 8.61. The van der Waals surface area contributed by atoms with Crippen molar-refractivity contribution < 1.29 is 9.50 Å². The summed E-state index contributed by atoms with van der Waals surface area (Å²) in [5.41, 5.74) is 0.274. The van der Waals surface area contributed by atoms with Gasteiger partial charge in [-0.25, -0.2) is 4.39 Å². The number of halogens is 2. The molecule has 1 aromatic heterocycles. The summed E-state index contributed by atoms with van der Waals surface area (Å²) in [4.78, 5) is 13.9. The highest BCUT2D eigenvalue weighted by Crippen LogP contribution is 2.18. The van der Waals surface area contributed by atoms with Crippen LogP contribution in [0.3, 0.4) is 0 Å². The highest BCUT2D eigenvalue weighted by atomic mass is 35.5. The Morgan fingerprint density at radius 1 is 1.44 bits per heavy atom. The van der Waals surface area contributed by atoms with Crippen LogP contribution in [0.15, 0.2) is 29.2 Å². The van der Waals surface area contributed by atoms with Gasteiger partial charge in [0.05, 0.1) is 17.4 Å². The molecule has 0 aliphatic rings. The fraction of sp³-hybridized carbons (Fsp3) is 0.250. The van der Waals surface area contributed by atoms with Gasteiger partial charge in [0, 0.05) is 23.8 Å². The van der Waals surface area contributed by atoms with Crippen molar-refractivity contribution >= 4 is 28.1 Å². The lowest BCUT2D eigenvalue weighted by atomic mass is 10.1. The molecule has 1 aromatic carbocycles. The van der Waals surface area contributed by atoms with Crippen LogP contribution >= 0.6 is 11.6 Å². The maximum absolute atomic E-state index is 13.4. The molecule has 0 spiro atoms. The van der Waals surface area contributed by atoms with Crippen molar-refractivity contribution in [2.45, 2.75) is 6.10 Å². The maximum Gasteiger partial charge on any atom is 0.256 e. The predicted octanol–water partition coefficient (Wildman–Crippen LogP) is 1.68. The van der Waals surface area contributed by atoms with E-state index in [0.717, 1.165) is 6.20 Å². The average molecular weight is 271 g/mol. The Labute approximate surface area is 107 Å². The maximum atomic E-state index is 13.4. The SMILES string of the molecule is O=c1[nH]cc(F)c2ccc(NCC(O)CCl)cc12. The molecule has 18 heavy (non-hydrogen) atoms. The van der Waals surface area contributed by atoms with E-state index in [0.29, 0.717) is 5.69 Å². The first-order valence-corrected chi connectivity index (χ1v) is 5.94. The van der Waals surface area contributed by atoms with Crippen LogP contribution in [0.4, 0.5) is 10.1 Å². The number of rotatable bonds is 4. The Hall–Kier alpha value is -1.59. The summed E-state index contributed by atoms with van der Waals surface area (Å²) in [6.07, 6.45) is 0.364. The molecule has 0 aliphatic heterocycles. The fourth-order valence-electron chi connectivity index (χ4n) is 1.62. The van der Waals surface area contributed by atoms with Gasteiger partial charge in [-0.3, -0.25) is 4.79 Å². The van der Waals surface area contributed by atoms with Gasteiger partial charge < -0.3 is 15.4 Å². The monoisotopic (exact) mass is 270 g/mol. The molecular formula is C12H12ClFN2O2. The molecule has 0 fully saturated rings. The lowest BCUT2D eigenvalue weighted by Gasteiger charge is -2.10. The van der Waals surface area contributed by atoms with Gasteiger partial charge in [-0.1, -0.05) is 0 Å². The van der Waals surface area contributed by atoms with Crippen LogP contribution in [-0.2, 0) is 0 Å². The minimum Gasteiger partial charge on any atom is -0.390 e. The average Bonchev–Trinajstić information content (AvgIpc) is 2.40. The minimum atomic E-state index is -0.673. The molecule has 0 saturated carbocycles. The number of fused-ring (bicyclic) bond motifs is 1. The normalized spacial score (nSPS) is 12.6. The van der Waals surface area contributed by atoms with E-state index >= 15 is 0 Å². The van der Waals surface area contributed by atoms with Crippen molar-refractivity contribution in [1.82, 2.24) is 4.98 Å². The number of aromatic amines is 1. The van der Waals surface area contributed by atoms with Gasteiger partial charge in [0.2, 0.25) is 0 Å². The smallest absolute Gasteiger partial charge is 0.256 e. The third-order valence-electron chi connectivity index (χ3n) is 2.57. The van der Waals surface area contributed by atoms with Crippen LogP contribution in [-0.4, -0.2) is 28.6 Å². The van der Waals surface area contributed by atoms with E-state index in [1.165, 1.54) is 12.1 Å². The molecule has 0 amide bonds. The molecule has 1 atom stereocenters. The number of alkyl halides is 1. The quantitative estimate of drug-likeness (QED) is 0.741. The number of hydrogen-bond donors (Lipinski definition) is 3. The Kier molecular flexibility index (Phi) is 3.84. The van der Waals surface area contributed by atoms with E-state index in [2.05, 4.69) is 10.3 Å². The zero-order valence-corrected chi connectivity index (χ0v) is 10.2. The largest absolute Gasteiger partial charge is 0.390 e. The third kappa shape index (κ3) is 2.63. The summed E-state index contributed by atoms with van der Waals surface area (Å²) in [5, 5.41) is 12.8. The van der Waals surface area contributed by atoms with Crippen molar-refractivity contribution in [2.75, 3.05) is 17.7 Å². The van der Waals surface area contributed by atoms with E-state index < -0.39 is 11.9 Å². The van der Waals surface area contributed by atoms with Crippen LogP contribution in [0.25, 0.3) is 10.8 Å². The predicted molar refractivity (Wildman–Crippen MR) is 69.7 cm³/mol. The van der Waals surface area contributed by atoms with E-state index in [4.69, 9.17) is 11.6 Å². The molecule has 6 heteroatoms. The first kappa shape index (κ1) is 12.9. The number of benzene rings is 1. The van der Waals surface area contributed by atoms with Crippen molar-refractivity contribution in [1.29, 1.82) is 0 Å². The van der Waals surface area contributed by atoms with Crippen LogP contribution in [0.1, 0.15) is 0 Å². The molecular weight excluding hydrogens is 259 g/mol. The second-order valence-electron chi connectivity index (χ2n) is 3.92. The standard InChI is InChI=1S/C12H12ClFN2O2/c13-4-8(17)5-15-7-1-2-9-10(3-7)12(18)16-6-11(9)14/h1-3,6,8,15,17H,4-5H2,(H,16,18). The van der Waals surface area contributed by atoms with Gasteiger partial charge in [0.15, 0.2) is 0 Å². The number of aromatic nitrogens is 1. The molecule has 0 aliphatic carbocycles. The highest BCUT2D eigenvalue weighted by Gasteiger charge is 2.06. The molecule has 1 heterocycles. The van der Waals surface area contributed by atoms with Crippen molar-refractivity contribution in [3.63, 3.8) is 0 Å². The number of H-pyrrole nitrogens is 1. The van der Waals surface area contributed by atoms with Gasteiger partial charge >= 0.3 is 0 Å². The molecule has 96 valence electrons. The summed E-state index contributed by atoms with van der Waals surface area (Å²) in [5.74, 6) is -0.354. The number of aliphatic hydroxyl groups excluding tert-OH is 1. The Morgan fingerprint density at radius 3 is 2.94 bits per heavy atom. The third-order valence-corrected chi connectivity index (χ3v) is 2.93. The van der Waals surface area contributed by atoms with Crippen LogP contribution < -0.4 is 10.9 Å². The fourth-order valence-corrected chi connectivity index (χ4v) is 1.73. The molecule has 0 bridgehead atoms. The Balaban J connectivity index is 2.33. The first-order valence-electron chi connectivity index (χ1n) is 5.40. The van der Waals surface area contributed by atoms with Gasteiger partial charge in [-0.15, -0.1) is 11.6 Å². The van der Waals surface area contributed by atoms with Crippen molar-refractivity contribution in [3.8, 4) is 0 Å². The Bertz CT molecular complexity index is 615. The lowest BCUT2D eigenvalue weighted by Crippen LogP contribution is -2.20. The van der Waals surface area contributed by atoms with Crippen molar-refractivity contribution in [2.24, 2.45) is 0 Å². The number of pyridine rings is 1. The van der Waals surface area contributed by atoms with Gasteiger partial charge in [0.25, 0.3) is 5.56 Å². The highest BCUT2D eigenvalue weighted by molar-refractivity contribution is 6.18. The summed E-state index contributed by atoms with van der Waals surface area (Å²) in [6.45, 7) is 0.266. The second kappa shape index (κ2) is 5.37. The molecule has 1 unspecified atom stereocenters. The van der Waals surface area contributed by atoms with E-state index in [1.807, 2.05) is 0 Å². The topological polar surface area (TPSA) is 65.1 Å². The number of aliphatic hydroxyl groups is 1. The lowest BCUT2D eigenvalue weighted by molar-refractivity contribution is 0.211. The summed E-state index contributed by atoms with van der Waals surface area (Å²) < 4.78 is 13.4. The van der Waals surface area contributed by atoms with E-state index in [1.54, 1.807) is 6.07 Å². The molecule has 4 nitrogen and oxygen atoms in total. The van der Waals surface area contributed by atoms with E-state index in [9.17, 15) is 14.3 Å². The van der Waals surface area contributed by atoms with Crippen molar-refractivity contribution in [3.05, 3.63) is 40.6 Å². The molecule has 2 aromatic rings. The summed E-state index contributed by atoms with van der Waals surface area (Å²) in [7, 11) is 0. The van der Waals surface area contributed by atoms with Crippen LogP contribution in [0, 0.1) is 5.82 Å². The van der Waals surface area contributed by atoms with Crippen LogP contribution in [0.5, 0.6) is 0 Å². The molecule has 0 radical (unpaired) electrons. The zero-order chi connectivity index (χ0) is 13.1. The number of anilines is 1.